The third-order valence-electron chi connectivity index (χ3n) is 2.31. The molecular weight excluding hydrogens is 326 g/mol. The highest BCUT2D eigenvalue weighted by Crippen LogP contribution is 2.30. The van der Waals surface area contributed by atoms with E-state index in [0.717, 1.165) is 0 Å². The summed E-state index contributed by atoms with van der Waals surface area (Å²) in [6, 6.07) is 3.87. The Balaban J connectivity index is 3.15. The van der Waals surface area contributed by atoms with Gasteiger partial charge in [-0.05, 0) is 30.2 Å². The van der Waals surface area contributed by atoms with Crippen molar-refractivity contribution in [1.82, 2.24) is 0 Å². The summed E-state index contributed by atoms with van der Waals surface area (Å²) in [7, 11) is 0. The maximum Gasteiger partial charge on any atom is 0.387 e. The van der Waals surface area contributed by atoms with E-state index in [-0.39, 0.29) is 23.5 Å². The average Bonchev–Trinajstić information content (AvgIpc) is 2.26. The van der Waals surface area contributed by atoms with Gasteiger partial charge in [-0.15, -0.1) is 0 Å². The Kier molecular flexibility index (Phi) is 5.41. The lowest BCUT2D eigenvalue weighted by molar-refractivity contribution is -0.136. The average molecular weight is 337 g/mol. The second-order valence-electron chi connectivity index (χ2n) is 3.78. The third kappa shape index (κ3) is 4.59. The van der Waals surface area contributed by atoms with E-state index in [1.165, 1.54) is 25.1 Å². The molecule has 104 valence electrons. The summed E-state index contributed by atoms with van der Waals surface area (Å²) in [6.45, 7) is -1.65. The molecule has 0 spiro atoms. The standard InChI is InChI=1S/C12H11BrF2O4/c1-6(16)11(13)9-3-2-8(19-12(14)15)4-7(9)5-10(17)18/h2-4,11-12H,5H2,1H3,(H,17,18). The van der Waals surface area contributed by atoms with Gasteiger partial charge in [0.1, 0.15) is 11.5 Å². The fourth-order valence-corrected chi connectivity index (χ4v) is 1.99. The van der Waals surface area contributed by atoms with Crippen LogP contribution in [0, 0.1) is 0 Å². The Morgan fingerprint density at radius 2 is 2.05 bits per heavy atom. The molecule has 0 saturated heterocycles. The summed E-state index contributed by atoms with van der Waals surface area (Å²) in [5.74, 6) is -1.48. The molecule has 0 fully saturated rings. The minimum Gasteiger partial charge on any atom is -0.481 e. The van der Waals surface area contributed by atoms with Crippen molar-refractivity contribution in [2.45, 2.75) is 24.8 Å². The zero-order valence-electron chi connectivity index (χ0n) is 9.90. The Bertz CT molecular complexity index is 491. The zero-order valence-corrected chi connectivity index (χ0v) is 11.5. The van der Waals surface area contributed by atoms with Crippen molar-refractivity contribution in [3.63, 3.8) is 0 Å². The predicted molar refractivity (Wildman–Crippen MR) is 66.8 cm³/mol. The van der Waals surface area contributed by atoms with E-state index in [2.05, 4.69) is 20.7 Å². The predicted octanol–water partition coefficient (Wildman–Crippen LogP) is 2.94. The minimum atomic E-state index is -2.99. The molecule has 4 nitrogen and oxygen atoms in total. The fraction of sp³-hybridized carbons (Fsp3) is 0.333. The lowest BCUT2D eigenvalue weighted by atomic mass is 10.00. The van der Waals surface area contributed by atoms with Gasteiger partial charge in [0.2, 0.25) is 0 Å². The van der Waals surface area contributed by atoms with Gasteiger partial charge >= 0.3 is 12.6 Å². The zero-order chi connectivity index (χ0) is 14.6. The number of alkyl halides is 3. The molecule has 0 aliphatic carbocycles. The number of hydrogen-bond donors (Lipinski definition) is 1. The third-order valence-corrected chi connectivity index (χ3v) is 3.45. The highest BCUT2D eigenvalue weighted by Gasteiger charge is 2.19. The Morgan fingerprint density at radius 3 is 2.53 bits per heavy atom. The van der Waals surface area contributed by atoms with Crippen molar-refractivity contribution >= 4 is 27.7 Å². The van der Waals surface area contributed by atoms with Crippen LogP contribution >= 0.6 is 15.9 Å². The van der Waals surface area contributed by atoms with Crippen molar-refractivity contribution in [3.8, 4) is 5.75 Å². The van der Waals surface area contributed by atoms with Crippen LogP contribution in [0.5, 0.6) is 5.75 Å². The van der Waals surface area contributed by atoms with E-state index >= 15 is 0 Å². The van der Waals surface area contributed by atoms with Gasteiger partial charge in [0.25, 0.3) is 0 Å². The quantitative estimate of drug-likeness (QED) is 0.811. The molecule has 0 radical (unpaired) electrons. The maximum absolute atomic E-state index is 12.1. The number of aliphatic carboxylic acids is 1. The van der Waals surface area contributed by atoms with E-state index in [1.54, 1.807) is 0 Å². The normalized spacial score (nSPS) is 12.3. The van der Waals surface area contributed by atoms with Crippen LogP contribution in [0.15, 0.2) is 18.2 Å². The molecule has 1 unspecified atom stereocenters. The number of Topliss-reactive ketones (excluding diaryl/α,β-unsaturated/α-hetero) is 1. The van der Waals surface area contributed by atoms with Crippen molar-refractivity contribution in [2.75, 3.05) is 0 Å². The first-order valence-corrected chi connectivity index (χ1v) is 6.16. The molecule has 1 rings (SSSR count). The van der Waals surface area contributed by atoms with Crippen LogP contribution in [0.2, 0.25) is 0 Å². The second kappa shape index (κ2) is 6.60. The molecule has 19 heavy (non-hydrogen) atoms. The lowest BCUT2D eigenvalue weighted by Crippen LogP contribution is -2.10. The lowest BCUT2D eigenvalue weighted by Gasteiger charge is -2.14. The summed E-state index contributed by atoms with van der Waals surface area (Å²) in [4.78, 5) is 21.4. The van der Waals surface area contributed by atoms with Gasteiger partial charge in [0.15, 0.2) is 0 Å². The smallest absolute Gasteiger partial charge is 0.387 e. The summed E-state index contributed by atoms with van der Waals surface area (Å²) in [5, 5.41) is 8.80. The number of carbonyl (C=O) groups is 2. The van der Waals surface area contributed by atoms with E-state index in [0.29, 0.717) is 5.56 Å². The van der Waals surface area contributed by atoms with Gasteiger partial charge in [0.05, 0.1) is 11.2 Å². The molecule has 1 aromatic carbocycles. The van der Waals surface area contributed by atoms with Crippen LogP contribution in [0.1, 0.15) is 22.9 Å². The van der Waals surface area contributed by atoms with E-state index in [1.807, 2.05) is 0 Å². The number of rotatable bonds is 6. The van der Waals surface area contributed by atoms with Crippen LogP contribution in [0.4, 0.5) is 8.78 Å². The van der Waals surface area contributed by atoms with Crippen molar-refractivity contribution < 1.29 is 28.2 Å². The van der Waals surface area contributed by atoms with Crippen LogP contribution < -0.4 is 4.74 Å². The van der Waals surface area contributed by atoms with Gasteiger partial charge in [-0.3, -0.25) is 9.59 Å². The van der Waals surface area contributed by atoms with Crippen molar-refractivity contribution in [2.24, 2.45) is 0 Å². The molecule has 0 amide bonds. The number of benzene rings is 1. The van der Waals surface area contributed by atoms with Crippen molar-refractivity contribution in [3.05, 3.63) is 29.3 Å². The molecule has 0 aliphatic rings. The van der Waals surface area contributed by atoms with E-state index in [4.69, 9.17) is 5.11 Å². The Labute approximate surface area is 116 Å². The summed E-state index contributed by atoms with van der Waals surface area (Å²) in [6.07, 6.45) is -0.384. The van der Waals surface area contributed by atoms with Crippen LogP contribution in [-0.2, 0) is 16.0 Å². The van der Waals surface area contributed by atoms with Gasteiger partial charge in [-0.1, -0.05) is 22.0 Å². The van der Waals surface area contributed by atoms with E-state index < -0.39 is 17.4 Å². The van der Waals surface area contributed by atoms with Gasteiger partial charge in [0, 0.05) is 0 Å². The molecule has 7 heteroatoms. The highest BCUT2D eigenvalue weighted by atomic mass is 79.9. The first-order valence-electron chi connectivity index (χ1n) is 5.25. The monoisotopic (exact) mass is 336 g/mol. The molecule has 0 saturated carbocycles. The first-order chi connectivity index (χ1) is 8.81. The van der Waals surface area contributed by atoms with Crippen LogP contribution in [-0.4, -0.2) is 23.5 Å². The molecule has 0 bridgehead atoms. The second-order valence-corrected chi connectivity index (χ2v) is 4.70. The largest absolute Gasteiger partial charge is 0.481 e. The number of halogens is 3. The maximum atomic E-state index is 12.1. The molecular formula is C12H11BrF2O4. The van der Waals surface area contributed by atoms with Gasteiger partial charge < -0.3 is 9.84 Å². The molecule has 1 N–H and O–H groups in total. The summed E-state index contributed by atoms with van der Waals surface area (Å²) in [5.41, 5.74) is 0.680. The molecule has 0 heterocycles. The molecule has 0 aliphatic heterocycles. The number of carboxylic acids is 1. The number of carboxylic acid groups (broad SMARTS) is 1. The molecule has 1 atom stereocenters. The first kappa shape index (κ1) is 15.6. The number of hydrogen-bond acceptors (Lipinski definition) is 3. The van der Waals surface area contributed by atoms with Crippen LogP contribution in [0.3, 0.4) is 0 Å². The minimum absolute atomic E-state index is 0.141. The number of carbonyl (C=O) groups excluding carboxylic acids is 1. The van der Waals surface area contributed by atoms with E-state index in [9.17, 15) is 18.4 Å². The fourth-order valence-electron chi connectivity index (χ4n) is 1.54. The van der Waals surface area contributed by atoms with Crippen molar-refractivity contribution in [1.29, 1.82) is 0 Å². The molecule has 0 aromatic heterocycles. The Morgan fingerprint density at radius 1 is 1.42 bits per heavy atom. The van der Waals surface area contributed by atoms with Crippen LogP contribution in [0.25, 0.3) is 0 Å². The summed E-state index contributed by atoms with van der Waals surface area (Å²) < 4.78 is 28.4. The number of ether oxygens (including phenoxy) is 1. The molecule has 1 aromatic rings. The highest BCUT2D eigenvalue weighted by molar-refractivity contribution is 9.09. The van der Waals surface area contributed by atoms with Gasteiger partial charge in [-0.25, -0.2) is 0 Å². The summed E-state index contributed by atoms with van der Waals surface area (Å²) >= 11 is 3.14. The Hall–Kier alpha value is -1.50. The van der Waals surface area contributed by atoms with Gasteiger partial charge in [-0.2, -0.15) is 8.78 Å². The number of ketones is 1. The SMILES string of the molecule is CC(=O)C(Br)c1ccc(OC(F)F)cc1CC(=O)O. The topological polar surface area (TPSA) is 63.6 Å².